The Balaban J connectivity index is 2.12. The highest BCUT2D eigenvalue weighted by Crippen LogP contribution is 2.19. The number of H-pyrrole nitrogens is 1. The number of ether oxygens (including phenoxy) is 1. The molecule has 19 heavy (non-hydrogen) atoms. The number of hydrogen-bond acceptors (Lipinski definition) is 4. The van der Waals surface area contributed by atoms with Crippen molar-refractivity contribution in [2.24, 2.45) is 0 Å². The normalized spacial score (nSPS) is 21.7. The lowest BCUT2D eigenvalue weighted by Gasteiger charge is -2.29. The summed E-state index contributed by atoms with van der Waals surface area (Å²) >= 11 is 0. The fraction of sp³-hybridized carbons (Fsp3) is 0.667. The highest BCUT2D eigenvalue weighted by atomic mass is 32.2. The van der Waals surface area contributed by atoms with Crippen LogP contribution in [0.25, 0.3) is 0 Å². The lowest BCUT2D eigenvalue weighted by molar-refractivity contribution is 0.0102. The summed E-state index contributed by atoms with van der Waals surface area (Å²) in [6.45, 7) is 6.67. The molecule has 1 aromatic heterocycles. The molecule has 1 unspecified atom stereocenters. The zero-order valence-corrected chi connectivity index (χ0v) is 12.2. The molecule has 2 rings (SSSR count). The van der Waals surface area contributed by atoms with Gasteiger partial charge in [0.1, 0.15) is 0 Å². The van der Waals surface area contributed by atoms with Gasteiger partial charge in [-0.05, 0) is 19.5 Å². The zero-order valence-electron chi connectivity index (χ0n) is 11.3. The van der Waals surface area contributed by atoms with Gasteiger partial charge in [-0.25, -0.2) is 8.42 Å². The van der Waals surface area contributed by atoms with Crippen LogP contribution in [-0.2, 0) is 21.3 Å². The quantitative estimate of drug-likeness (QED) is 0.828. The Labute approximate surface area is 114 Å². The van der Waals surface area contributed by atoms with Gasteiger partial charge in [-0.15, -0.1) is 0 Å². The highest BCUT2D eigenvalue weighted by molar-refractivity contribution is 7.89. The summed E-state index contributed by atoms with van der Waals surface area (Å²) in [5.41, 5.74) is 0.877. The van der Waals surface area contributed by atoms with Crippen LogP contribution in [0, 0.1) is 0 Å². The molecule has 108 valence electrons. The maximum Gasteiger partial charge on any atom is 0.244 e. The van der Waals surface area contributed by atoms with E-state index in [9.17, 15) is 8.42 Å². The molecule has 1 aliphatic heterocycles. The second kappa shape index (κ2) is 6.04. The maximum atomic E-state index is 12.4. The minimum absolute atomic E-state index is 0.0521. The van der Waals surface area contributed by atoms with Gasteiger partial charge in [0.15, 0.2) is 0 Å². The van der Waals surface area contributed by atoms with Crippen molar-refractivity contribution in [1.82, 2.24) is 14.6 Å². The minimum atomic E-state index is -3.40. The summed E-state index contributed by atoms with van der Waals surface area (Å²) in [7, 11) is -3.40. The van der Waals surface area contributed by atoms with Crippen molar-refractivity contribution in [2.45, 2.75) is 31.4 Å². The van der Waals surface area contributed by atoms with E-state index in [0.29, 0.717) is 31.1 Å². The summed E-state index contributed by atoms with van der Waals surface area (Å²) in [6, 6.07) is 1.69. The molecule has 0 amide bonds. The van der Waals surface area contributed by atoms with Crippen molar-refractivity contribution in [3.05, 3.63) is 18.0 Å². The SMILES string of the molecule is CCNCc1cc(S(=O)(=O)N2CCOC(C)C2)c[nH]1. The monoisotopic (exact) mass is 287 g/mol. The summed E-state index contributed by atoms with van der Waals surface area (Å²) in [4.78, 5) is 3.33. The van der Waals surface area contributed by atoms with E-state index in [-0.39, 0.29) is 6.10 Å². The summed E-state index contributed by atoms with van der Waals surface area (Å²) in [6.07, 6.45) is 1.51. The first-order chi connectivity index (χ1) is 9.04. The van der Waals surface area contributed by atoms with E-state index < -0.39 is 10.0 Å². The first-order valence-electron chi connectivity index (χ1n) is 6.53. The molecule has 1 atom stereocenters. The zero-order chi connectivity index (χ0) is 13.9. The fourth-order valence-corrected chi connectivity index (χ4v) is 3.60. The maximum absolute atomic E-state index is 12.4. The second-order valence-corrected chi connectivity index (χ2v) is 6.62. The van der Waals surface area contributed by atoms with Crippen molar-refractivity contribution in [1.29, 1.82) is 0 Å². The molecule has 0 aromatic carbocycles. The standard InChI is InChI=1S/C12H21N3O3S/c1-3-13-7-11-6-12(8-14-11)19(16,17)15-4-5-18-10(2)9-15/h6,8,10,13-14H,3-5,7,9H2,1-2H3. The van der Waals surface area contributed by atoms with Crippen LogP contribution in [0.2, 0.25) is 0 Å². The molecule has 1 fully saturated rings. The van der Waals surface area contributed by atoms with Crippen LogP contribution in [0.1, 0.15) is 19.5 Å². The van der Waals surface area contributed by atoms with E-state index >= 15 is 0 Å². The Bertz CT molecular complexity index is 512. The molecule has 0 aliphatic carbocycles. The van der Waals surface area contributed by atoms with Gasteiger partial charge >= 0.3 is 0 Å². The van der Waals surface area contributed by atoms with Crippen molar-refractivity contribution in [2.75, 3.05) is 26.2 Å². The van der Waals surface area contributed by atoms with Crippen molar-refractivity contribution < 1.29 is 13.2 Å². The molecular formula is C12H21N3O3S. The van der Waals surface area contributed by atoms with E-state index in [2.05, 4.69) is 10.3 Å². The van der Waals surface area contributed by atoms with Gasteiger partial charge in [0.25, 0.3) is 0 Å². The van der Waals surface area contributed by atoms with Crippen LogP contribution in [0.5, 0.6) is 0 Å². The van der Waals surface area contributed by atoms with Crippen LogP contribution in [0.15, 0.2) is 17.2 Å². The molecule has 2 heterocycles. The number of nitrogens with zero attached hydrogens (tertiary/aromatic N) is 1. The Kier molecular flexibility index (Phi) is 4.62. The molecule has 2 N–H and O–H groups in total. The Morgan fingerprint density at radius 1 is 1.58 bits per heavy atom. The lowest BCUT2D eigenvalue weighted by atomic mass is 10.3. The number of hydrogen-bond donors (Lipinski definition) is 2. The van der Waals surface area contributed by atoms with E-state index in [0.717, 1.165) is 12.2 Å². The predicted octanol–water partition coefficient (Wildman–Crippen LogP) is 0.534. The largest absolute Gasteiger partial charge is 0.376 e. The Morgan fingerprint density at radius 2 is 2.37 bits per heavy atom. The summed E-state index contributed by atoms with van der Waals surface area (Å²) < 4.78 is 31.8. The lowest BCUT2D eigenvalue weighted by Crippen LogP contribution is -2.44. The molecule has 1 aromatic rings. The number of aromatic nitrogens is 1. The molecule has 1 saturated heterocycles. The molecule has 0 spiro atoms. The van der Waals surface area contributed by atoms with Gasteiger partial charge in [0.05, 0.1) is 17.6 Å². The number of sulfonamides is 1. The van der Waals surface area contributed by atoms with Crippen molar-refractivity contribution in [3.8, 4) is 0 Å². The second-order valence-electron chi connectivity index (χ2n) is 4.69. The average molecular weight is 287 g/mol. The molecule has 0 radical (unpaired) electrons. The molecular weight excluding hydrogens is 266 g/mol. The van der Waals surface area contributed by atoms with Gasteiger partial charge in [-0.1, -0.05) is 6.92 Å². The fourth-order valence-electron chi connectivity index (χ4n) is 2.08. The van der Waals surface area contributed by atoms with E-state index in [1.807, 2.05) is 13.8 Å². The number of aromatic amines is 1. The molecule has 0 bridgehead atoms. The van der Waals surface area contributed by atoms with Gasteiger partial charge in [0.2, 0.25) is 10.0 Å². The van der Waals surface area contributed by atoms with E-state index in [4.69, 9.17) is 4.74 Å². The number of rotatable bonds is 5. The van der Waals surface area contributed by atoms with Crippen LogP contribution in [0.3, 0.4) is 0 Å². The smallest absolute Gasteiger partial charge is 0.244 e. The van der Waals surface area contributed by atoms with Gasteiger partial charge in [-0.3, -0.25) is 0 Å². The van der Waals surface area contributed by atoms with Crippen LogP contribution < -0.4 is 5.32 Å². The first kappa shape index (κ1) is 14.5. The summed E-state index contributed by atoms with van der Waals surface area (Å²) in [5.74, 6) is 0. The predicted molar refractivity (Wildman–Crippen MR) is 72.3 cm³/mol. The molecule has 7 heteroatoms. The Morgan fingerprint density at radius 3 is 3.05 bits per heavy atom. The highest BCUT2D eigenvalue weighted by Gasteiger charge is 2.29. The van der Waals surface area contributed by atoms with Gasteiger partial charge in [0, 0.05) is 31.5 Å². The van der Waals surface area contributed by atoms with E-state index in [1.54, 1.807) is 12.3 Å². The topological polar surface area (TPSA) is 74.4 Å². The third-order valence-corrected chi connectivity index (χ3v) is 4.97. The third kappa shape index (κ3) is 3.36. The molecule has 1 aliphatic rings. The van der Waals surface area contributed by atoms with Crippen LogP contribution in [0.4, 0.5) is 0 Å². The minimum Gasteiger partial charge on any atom is -0.376 e. The number of morpholine rings is 1. The first-order valence-corrected chi connectivity index (χ1v) is 7.97. The molecule has 0 saturated carbocycles. The third-order valence-electron chi connectivity index (χ3n) is 3.12. The molecule has 6 nitrogen and oxygen atoms in total. The van der Waals surface area contributed by atoms with E-state index in [1.165, 1.54) is 4.31 Å². The Hall–Kier alpha value is -0.890. The average Bonchev–Trinajstić information content (AvgIpc) is 2.86. The number of nitrogens with one attached hydrogen (secondary N) is 2. The van der Waals surface area contributed by atoms with Crippen molar-refractivity contribution in [3.63, 3.8) is 0 Å². The van der Waals surface area contributed by atoms with Crippen LogP contribution in [-0.4, -0.2) is 50.1 Å². The summed E-state index contributed by atoms with van der Waals surface area (Å²) in [5, 5.41) is 3.16. The van der Waals surface area contributed by atoms with Crippen molar-refractivity contribution >= 4 is 10.0 Å². The van der Waals surface area contributed by atoms with Gasteiger partial charge in [-0.2, -0.15) is 4.31 Å². The van der Waals surface area contributed by atoms with Gasteiger partial charge < -0.3 is 15.0 Å². The van der Waals surface area contributed by atoms with Crippen LogP contribution >= 0.6 is 0 Å².